The summed E-state index contributed by atoms with van der Waals surface area (Å²) in [4.78, 5) is 0. The lowest BCUT2D eigenvalue weighted by Gasteiger charge is -2.21. The fraction of sp³-hybridized carbons (Fsp3) is 0.294. The molecule has 0 atom stereocenters. The molecule has 1 aliphatic rings. The maximum atomic E-state index is 11.5. The third kappa shape index (κ3) is 2.06. The fourth-order valence-corrected chi connectivity index (χ4v) is 3.93. The third-order valence-corrected chi connectivity index (χ3v) is 4.93. The first-order chi connectivity index (χ1) is 9.29. The zero-order valence-electron chi connectivity index (χ0n) is 12.0. The largest absolute Gasteiger partial charge is 0.229 e. The Morgan fingerprint density at radius 2 is 1.60 bits per heavy atom. The Labute approximate surface area is 120 Å². The van der Waals surface area contributed by atoms with Gasteiger partial charge in [0.05, 0.1) is 5.75 Å². The van der Waals surface area contributed by atoms with E-state index in [4.69, 9.17) is 0 Å². The van der Waals surface area contributed by atoms with Gasteiger partial charge in [0.2, 0.25) is 0 Å². The van der Waals surface area contributed by atoms with Gasteiger partial charge in [0.15, 0.2) is 9.84 Å². The Kier molecular flexibility index (Phi) is 2.80. The van der Waals surface area contributed by atoms with Crippen LogP contribution in [0.4, 0.5) is 0 Å². The van der Waals surface area contributed by atoms with Crippen LogP contribution in [0.2, 0.25) is 0 Å². The Balaban J connectivity index is 2.18. The highest BCUT2D eigenvalue weighted by molar-refractivity contribution is 7.89. The van der Waals surface area contributed by atoms with Crippen LogP contribution in [0, 0.1) is 0 Å². The summed E-state index contributed by atoms with van der Waals surface area (Å²) in [5, 5.41) is 0. The molecule has 0 saturated heterocycles. The summed E-state index contributed by atoms with van der Waals surface area (Å²) in [5.41, 5.74) is 5.82. The van der Waals surface area contributed by atoms with E-state index in [2.05, 4.69) is 50.2 Å². The van der Waals surface area contributed by atoms with Crippen molar-refractivity contribution in [3.63, 3.8) is 0 Å². The van der Waals surface area contributed by atoms with Crippen LogP contribution in [0.3, 0.4) is 0 Å². The quantitative estimate of drug-likeness (QED) is 0.846. The first kappa shape index (κ1) is 13.4. The average molecular weight is 286 g/mol. The molecular formula is C17H18O2S. The van der Waals surface area contributed by atoms with E-state index in [0.717, 1.165) is 5.56 Å². The van der Waals surface area contributed by atoms with E-state index in [-0.39, 0.29) is 11.2 Å². The van der Waals surface area contributed by atoms with Crippen LogP contribution >= 0.6 is 0 Å². The molecule has 20 heavy (non-hydrogen) atoms. The van der Waals surface area contributed by atoms with Crippen LogP contribution in [0.5, 0.6) is 0 Å². The third-order valence-electron chi connectivity index (χ3n) is 4.08. The van der Waals surface area contributed by atoms with Crippen molar-refractivity contribution in [1.82, 2.24) is 0 Å². The van der Waals surface area contributed by atoms with Crippen molar-refractivity contribution in [2.24, 2.45) is 0 Å². The topological polar surface area (TPSA) is 34.1 Å². The molecule has 0 aromatic heterocycles. The standard InChI is InChI=1S/C17H18O2S/c1-17(2)15-7-5-4-6-13(15)14-9-8-12(10-16(14)17)11-20(3,18)19/h4-10H,11H2,1-3H3. The van der Waals surface area contributed by atoms with Crippen molar-refractivity contribution in [3.05, 3.63) is 59.2 Å². The molecule has 0 spiro atoms. The maximum Gasteiger partial charge on any atom is 0.151 e. The normalized spacial score (nSPS) is 15.8. The van der Waals surface area contributed by atoms with Crippen molar-refractivity contribution in [2.45, 2.75) is 25.0 Å². The summed E-state index contributed by atoms with van der Waals surface area (Å²) in [6.45, 7) is 4.39. The minimum absolute atomic E-state index is 0.0700. The second kappa shape index (κ2) is 4.19. The summed E-state index contributed by atoms with van der Waals surface area (Å²) in [7, 11) is -3.00. The van der Waals surface area contributed by atoms with Gasteiger partial charge in [0.25, 0.3) is 0 Å². The van der Waals surface area contributed by atoms with E-state index in [1.807, 2.05) is 6.07 Å². The lowest BCUT2D eigenvalue weighted by Crippen LogP contribution is -2.15. The Morgan fingerprint density at radius 1 is 0.950 bits per heavy atom. The number of hydrogen-bond donors (Lipinski definition) is 0. The van der Waals surface area contributed by atoms with Crippen LogP contribution < -0.4 is 0 Å². The van der Waals surface area contributed by atoms with Gasteiger partial charge in [-0.15, -0.1) is 0 Å². The highest BCUT2D eigenvalue weighted by atomic mass is 32.2. The van der Waals surface area contributed by atoms with Crippen molar-refractivity contribution in [3.8, 4) is 11.1 Å². The zero-order valence-corrected chi connectivity index (χ0v) is 12.8. The number of fused-ring (bicyclic) bond motifs is 3. The van der Waals surface area contributed by atoms with Gasteiger partial charge in [-0.25, -0.2) is 8.42 Å². The number of sulfone groups is 1. The van der Waals surface area contributed by atoms with E-state index in [1.165, 1.54) is 28.5 Å². The van der Waals surface area contributed by atoms with E-state index in [1.54, 1.807) is 0 Å². The van der Waals surface area contributed by atoms with Crippen molar-refractivity contribution < 1.29 is 8.42 Å². The second-order valence-electron chi connectivity index (χ2n) is 6.12. The molecule has 0 amide bonds. The average Bonchev–Trinajstić information content (AvgIpc) is 2.58. The minimum atomic E-state index is -3.00. The summed E-state index contributed by atoms with van der Waals surface area (Å²) in [5.74, 6) is 0.104. The molecule has 0 bridgehead atoms. The maximum absolute atomic E-state index is 11.5. The Bertz CT molecular complexity index is 786. The molecule has 3 rings (SSSR count). The fourth-order valence-electron chi connectivity index (χ4n) is 3.14. The predicted molar refractivity (Wildman–Crippen MR) is 82.6 cm³/mol. The first-order valence-electron chi connectivity index (χ1n) is 6.70. The summed E-state index contributed by atoms with van der Waals surface area (Å²) >= 11 is 0. The molecule has 0 aliphatic heterocycles. The minimum Gasteiger partial charge on any atom is -0.229 e. The van der Waals surface area contributed by atoms with Gasteiger partial charge in [-0.3, -0.25) is 0 Å². The van der Waals surface area contributed by atoms with E-state index in [9.17, 15) is 8.42 Å². The SMILES string of the molecule is CC1(C)c2ccccc2-c2ccc(CS(C)(=O)=O)cc21. The molecule has 104 valence electrons. The molecular weight excluding hydrogens is 268 g/mol. The van der Waals surface area contributed by atoms with Crippen molar-refractivity contribution in [1.29, 1.82) is 0 Å². The Morgan fingerprint density at radius 3 is 2.30 bits per heavy atom. The van der Waals surface area contributed by atoms with Crippen LogP contribution in [0.15, 0.2) is 42.5 Å². The van der Waals surface area contributed by atoms with E-state index < -0.39 is 9.84 Å². The van der Waals surface area contributed by atoms with Crippen LogP contribution in [0.25, 0.3) is 11.1 Å². The van der Waals surface area contributed by atoms with Gasteiger partial charge < -0.3 is 0 Å². The van der Waals surface area contributed by atoms with Crippen molar-refractivity contribution >= 4 is 9.84 Å². The van der Waals surface area contributed by atoms with Gasteiger partial charge >= 0.3 is 0 Å². The summed E-state index contributed by atoms with van der Waals surface area (Å²) in [6.07, 6.45) is 1.28. The molecule has 1 aliphatic carbocycles. The van der Waals surface area contributed by atoms with E-state index in [0.29, 0.717) is 0 Å². The van der Waals surface area contributed by atoms with Crippen LogP contribution in [0.1, 0.15) is 30.5 Å². The van der Waals surface area contributed by atoms with Crippen molar-refractivity contribution in [2.75, 3.05) is 6.26 Å². The van der Waals surface area contributed by atoms with Crippen LogP contribution in [-0.4, -0.2) is 14.7 Å². The molecule has 0 N–H and O–H groups in total. The second-order valence-corrected chi connectivity index (χ2v) is 8.26. The van der Waals surface area contributed by atoms with Crippen LogP contribution in [-0.2, 0) is 21.0 Å². The summed E-state index contributed by atoms with van der Waals surface area (Å²) < 4.78 is 23.0. The molecule has 0 saturated carbocycles. The molecule has 0 fully saturated rings. The summed E-state index contributed by atoms with van der Waals surface area (Å²) in [6, 6.07) is 14.4. The van der Waals surface area contributed by atoms with E-state index >= 15 is 0 Å². The highest BCUT2D eigenvalue weighted by Crippen LogP contribution is 2.48. The van der Waals surface area contributed by atoms with Gasteiger partial charge in [0.1, 0.15) is 0 Å². The van der Waals surface area contributed by atoms with Gasteiger partial charge in [0, 0.05) is 11.7 Å². The molecule has 2 aromatic rings. The zero-order chi connectivity index (χ0) is 14.5. The number of hydrogen-bond acceptors (Lipinski definition) is 2. The molecule has 3 heteroatoms. The highest BCUT2D eigenvalue weighted by Gasteiger charge is 2.35. The molecule has 2 nitrogen and oxygen atoms in total. The monoisotopic (exact) mass is 286 g/mol. The van der Waals surface area contributed by atoms with Gasteiger partial charge in [-0.1, -0.05) is 56.3 Å². The molecule has 2 aromatic carbocycles. The number of rotatable bonds is 2. The van der Waals surface area contributed by atoms with Gasteiger partial charge in [-0.05, 0) is 27.8 Å². The van der Waals surface area contributed by atoms with Gasteiger partial charge in [-0.2, -0.15) is 0 Å². The molecule has 0 radical (unpaired) electrons. The predicted octanol–water partition coefficient (Wildman–Crippen LogP) is 3.54. The first-order valence-corrected chi connectivity index (χ1v) is 8.76. The lowest BCUT2D eigenvalue weighted by atomic mass is 9.82. The lowest BCUT2D eigenvalue weighted by molar-refractivity contribution is 0.601. The molecule has 0 unspecified atom stereocenters. The molecule has 0 heterocycles. The number of benzene rings is 2. The Hall–Kier alpha value is -1.61. The smallest absolute Gasteiger partial charge is 0.151 e.